The average molecular weight is 912 g/mol. The van der Waals surface area contributed by atoms with Gasteiger partial charge in [-0.15, -0.1) is 24.3 Å². The predicted octanol–water partition coefficient (Wildman–Crippen LogP) is 13.1. The van der Waals surface area contributed by atoms with Gasteiger partial charge in [0.1, 0.15) is 5.75 Å². The SMILES string of the molecule is Oc1ccccc1-c1cc(-c2ccccc2)cc(-c2[c-]c(-c3cc(-c4ccc5c(c4)c4ccccc4n5-c4ccccc4)cc(-c4ccccc4)n3)ccc2)n1.[Pt]. The molecule has 57 heavy (non-hydrogen) atoms. The van der Waals surface area contributed by atoms with Gasteiger partial charge >= 0.3 is 0 Å². The number of hydrogen-bond donors (Lipinski definition) is 1. The summed E-state index contributed by atoms with van der Waals surface area (Å²) >= 11 is 0. The first-order valence-electron chi connectivity index (χ1n) is 18.7. The van der Waals surface area contributed by atoms with Crippen molar-refractivity contribution >= 4 is 21.8 Å². The molecule has 10 aromatic rings. The Labute approximate surface area is 345 Å². The Kier molecular flexibility index (Phi) is 9.64. The average Bonchev–Trinajstić information content (AvgIpc) is 3.61. The molecule has 0 aliphatic rings. The van der Waals surface area contributed by atoms with Crippen LogP contribution in [0.1, 0.15) is 0 Å². The number of benzene rings is 7. The van der Waals surface area contributed by atoms with Crippen LogP contribution in [-0.4, -0.2) is 19.6 Å². The largest absolute Gasteiger partial charge is 0.507 e. The van der Waals surface area contributed by atoms with Gasteiger partial charge in [0.15, 0.2) is 0 Å². The minimum atomic E-state index is 0. The summed E-state index contributed by atoms with van der Waals surface area (Å²) in [4.78, 5) is 10.3. The molecule has 1 N–H and O–H groups in total. The second-order valence-electron chi connectivity index (χ2n) is 13.9. The zero-order chi connectivity index (χ0) is 37.4. The van der Waals surface area contributed by atoms with Gasteiger partial charge in [0, 0.05) is 54.5 Å². The Hall–Kier alpha value is -6.87. The number of aromatic nitrogens is 3. The first kappa shape index (κ1) is 35.8. The Morgan fingerprint density at radius 1 is 0.386 bits per heavy atom. The van der Waals surface area contributed by atoms with Gasteiger partial charge in [-0.05, 0) is 82.4 Å². The third kappa shape index (κ3) is 6.86. The van der Waals surface area contributed by atoms with E-state index in [1.54, 1.807) is 6.07 Å². The van der Waals surface area contributed by atoms with Crippen LogP contribution in [0.4, 0.5) is 0 Å². The van der Waals surface area contributed by atoms with Gasteiger partial charge in [-0.25, -0.2) is 0 Å². The van der Waals surface area contributed by atoms with Crippen molar-refractivity contribution < 1.29 is 26.2 Å². The van der Waals surface area contributed by atoms with Gasteiger partial charge in [-0.3, -0.25) is 9.97 Å². The van der Waals surface area contributed by atoms with E-state index in [1.165, 1.54) is 16.3 Å². The van der Waals surface area contributed by atoms with E-state index in [0.717, 1.165) is 67.2 Å². The van der Waals surface area contributed by atoms with E-state index in [1.807, 2.05) is 72.8 Å². The molecule has 3 aromatic heterocycles. The van der Waals surface area contributed by atoms with E-state index in [2.05, 4.69) is 132 Å². The molecule has 0 aliphatic carbocycles. The van der Waals surface area contributed by atoms with Crippen molar-refractivity contribution in [3.05, 3.63) is 206 Å². The number of fused-ring (bicyclic) bond motifs is 3. The minimum Gasteiger partial charge on any atom is -0.507 e. The van der Waals surface area contributed by atoms with E-state index < -0.39 is 0 Å². The maximum Gasteiger partial charge on any atom is 0.124 e. The van der Waals surface area contributed by atoms with Crippen LogP contribution < -0.4 is 0 Å². The summed E-state index contributed by atoms with van der Waals surface area (Å²) in [5.74, 6) is 0.186. The molecular formula is C52H34N3OPt-. The molecule has 0 fully saturated rings. The van der Waals surface area contributed by atoms with Crippen molar-refractivity contribution in [1.29, 1.82) is 0 Å². The summed E-state index contributed by atoms with van der Waals surface area (Å²) < 4.78 is 2.34. The van der Waals surface area contributed by atoms with E-state index in [4.69, 9.17) is 9.97 Å². The second-order valence-corrected chi connectivity index (χ2v) is 13.9. The van der Waals surface area contributed by atoms with Crippen LogP contribution in [0.15, 0.2) is 200 Å². The standard InChI is InChI=1S/C52H34N3O.Pt/c56-52-26-13-11-24-44(52)49-34-40(35-15-4-1-5-16-35)31-48(54-49)39-20-14-19-38(29-39)47-33-41(32-46(53-47)36-17-6-2-7-18-36)37-27-28-51-45(30-37)43-23-10-12-25-50(43)55(51)42-21-8-3-9-22-42;/h1-28,30-34,56H;/q-1;. The summed E-state index contributed by atoms with van der Waals surface area (Å²) in [5.41, 5.74) is 14.3. The monoisotopic (exact) mass is 911 g/mol. The number of phenols is 1. The fraction of sp³-hybridized carbons (Fsp3) is 0. The quantitative estimate of drug-likeness (QED) is 0.162. The normalized spacial score (nSPS) is 11.1. The number of hydrogen-bond acceptors (Lipinski definition) is 3. The smallest absolute Gasteiger partial charge is 0.124 e. The van der Waals surface area contributed by atoms with Gasteiger partial charge in [0.2, 0.25) is 0 Å². The van der Waals surface area contributed by atoms with Crippen LogP contribution in [0.25, 0.3) is 94.8 Å². The zero-order valence-corrected chi connectivity index (χ0v) is 32.9. The van der Waals surface area contributed by atoms with Crippen molar-refractivity contribution in [3.63, 3.8) is 0 Å². The molecule has 0 amide bonds. The summed E-state index contributed by atoms with van der Waals surface area (Å²) in [7, 11) is 0. The molecule has 274 valence electrons. The number of aromatic hydroxyl groups is 1. The molecule has 0 saturated carbocycles. The fourth-order valence-electron chi connectivity index (χ4n) is 7.66. The first-order chi connectivity index (χ1) is 27.7. The molecule has 0 spiro atoms. The molecule has 0 aliphatic heterocycles. The van der Waals surface area contributed by atoms with Crippen LogP contribution in [0.3, 0.4) is 0 Å². The molecule has 5 heteroatoms. The Balaban J connectivity index is 0.00000422. The first-order valence-corrected chi connectivity index (χ1v) is 18.7. The minimum absolute atomic E-state index is 0. The topological polar surface area (TPSA) is 50.9 Å². The van der Waals surface area contributed by atoms with Crippen LogP contribution in [0.2, 0.25) is 0 Å². The van der Waals surface area contributed by atoms with Gasteiger partial charge in [-0.1, -0.05) is 139 Å². The van der Waals surface area contributed by atoms with Gasteiger partial charge < -0.3 is 9.67 Å². The molecule has 0 atom stereocenters. The van der Waals surface area contributed by atoms with E-state index in [0.29, 0.717) is 11.3 Å². The van der Waals surface area contributed by atoms with Gasteiger partial charge in [0.05, 0.1) is 22.4 Å². The number of para-hydroxylation sites is 3. The van der Waals surface area contributed by atoms with E-state index in [9.17, 15) is 5.11 Å². The zero-order valence-electron chi connectivity index (χ0n) is 30.7. The molecule has 0 bridgehead atoms. The van der Waals surface area contributed by atoms with Crippen molar-refractivity contribution in [2.45, 2.75) is 0 Å². The number of rotatable bonds is 7. The third-order valence-electron chi connectivity index (χ3n) is 10.4. The van der Waals surface area contributed by atoms with Crippen molar-refractivity contribution in [1.82, 2.24) is 14.5 Å². The molecular weight excluding hydrogens is 878 g/mol. The second kappa shape index (κ2) is 15.3. The summed E-state index contributed by atoms with van der Waals surface area (Å²) in [5, 5.41) is 13.2. The van der Waals surface area contributed by atoms with Crippen molar-refractivity contribution in [3.8, 4) is 78.7 Å². The molecule has 4 nitrogen and oxygen atoms in total. The maximum atomic E-state index is 10.8. The van der Waals surface area contributed by atoms with Crippen LogP contribution >= 0.6 is 0 Å². The van der Waals surface area contributed by atoms with E-state index in [-0.39, 0.29) is 26.8 Å². The maximum absolute atomic E-state index is 10.8. The predicted molar refractivity (Wildman–Crippen MR) is 229 cm³/mol. The third-order valence-corrected chi connectivity index (χ3v) is 10.4. The Bertz CT molecular complexity index is 3030. The molecule has 10 rings (SSSR count). The summed E-state index contributed by atoms with van der Waals surface area (Å²) in [6.45, 7) is 0. The van der Waals surface area contributed by atoms with Crippen molar-refractivity contribution in [2.24, 2.45) is 0 Å². The molecule has 0 saturated heterocycles. The molecule has 7 aromatic carbocycles. The van der Waals surface area contributed by atoms with Crippen LogP contribution in [0, 0.1) is 6.07 Å². The Morgan fingerprint density at radius 2 is 0.930 bits per heavy atom. The number of phenolic OH excluding ortho intramolecular Hbond substituents is 1. The van der Waals surface area contributed by atoms with Crippen LogP contribution in [-0.2, 0) is 21.1 Å². The summed E-state index contributed by atoms with van der Waals surface area (Å²) in [6.07, 6.45) is 0. The molecule has 3 heterocycles. The number of nitrogens with zero attached hydrogens (tertiary/aromatic N) is 3. The van der Waals surface area contributed by atoms with Crippen LogP contribution in [0.5, 0.6) is 5.75 Å². The molecule has 0 radical (unpaired) electrons. The van der Waals surface area contributed by atoms with Crippen molar-refractivity contribution in [2.75, 3.05) is 0 Å². The van der Waals surface area contributed by atoms with Gasteiger partial charge in [0.25, 0.3) is 0 Å². The Morgan fingerprint density at radius 3 is 1.65 bits per heavy atom. The number of pyridine rings is 2. The van der Waals surface area contributed by atoms with Gasteiger partial charge in [-0.2, -0.15) is 0 Å². The molecule has 0 unspecified atom stereocenters. The fourth-order valence-corrected chi connectivity index (χ4v) is 7.66. The summed E-state index contributed by atoms with van der Waals surface area (Å²) in [6, 6.07) is 72.1. The van der Waals surface area contributed by atoms with E-state index >= 15 is 0 Å².